The van der Waals surface area contributed by atoms with Crippen LogP contribution in [-0.2, 0) is 0 Å². The third-order valence-electron chi connectivity index (χ3n) is 2.46. The second-order valence-corrected chi connectivity index (χ2v) is 6.73. The molecule has 0 aliphatic heterocycles. The van der Waals surface area contributed by atoms with E-state index in [1.165, 1.54) is 0 Å². The third kappa shape index (κ3) is 3.49. The lowest BCUT2D eigenvalue weighted by Crippen LogP contribution is -2.13. The summed E-state index contributed by atoms with van der Waals surface area (Å²) in [4.78, 5) is 12.2. The highest BCUT2D eigenvalue weighted by Gasteiger charge is 2.15. The van der Waals surface area contributed by atoms with E-state index in [2.05, 4.69) is 37.2 Å². The second kappa shape index (κ2) is 6.67. The highest BCUT2D eigenvalue weighted by Crippen LogP contribution is 2.36. The Kier molecular flexibility index (Phi) is 5.37. The van der Waals surface area contributed by atoms with E-state index in [1.807, 2.05) is 0 Å². The number of carbonyl (C=O) groups excluding carboxylic acids is 1. The molecule has 20 heavy (non-hydrogen) atoms. The van der Waals surface area contributed by atoms with Gasteiger partial charge in [0, 0.05) is 8.95 Å². The van der Waals surface area contributed by atoms with Gasteiger partial charge >= 0.3 is 0 Å². The molecule has 2 aromatic carbocycles. The molecule has 2 nitrogen and oxygen atoms in total. The van der Waals surface area contributed by atoms with E-state index in [9.17, 15) is 4.79 Å². The van der Waals surface area contributed by atoms with Crippen LogP contribution in [0, 0.1) is 0 Å². The Morgan fingerprint density at radius 1 is 1.00 bits per heavy atom. The average molecular weight is 458 g/mol. The zero-order valence-corrected chi connectivity index (χ0v) is 15.1. The van der Waals surface area contributed by atoms with E-state index in [0.29, 0.717) is 25.8 Å². The predicted octanol–water partition coefficient (Wildman–Crippen LogP) is 6.42. The minimum absolute atomic E-state index is 0.264. The lowest BCUT2D eigenvalue weighted by molar-refractivity contribution is 0.102. The highest BCUT2D eigenvalue weighted by molar-refractivity contribution is 9.10. The van der Waals surface area contributed by atoms with Crippen LogP contribution in [0.1, 0.15) is 10.4 Å². The Morgan fingerprint density at radius 3 is 2.40 bits per heavy atom. The van der Waals surface area contributed by atoms with Gasteiger partial charge in [-0.3, -0.25) is 4.79 Å². The van der Waals surface area contributed by atoms with Gasteiger partial charge in [-0.15, -0.1) is 0 Å². The summed E-state index contributed by atoms with van der Waals surface area (Å²) in [5.41, 5.74) is 0.761. The molecule has 0 unspecified atom stereocenters. The summed E-state index contributed by atoms with van der Waals surface area (Å²) in [5.74, 6) is -0.364. The van der Waals surface area contributed by atoms with Crippen LogP contribution in [-0.4, -0.2) is 5.91 Å². The molecule has 0 heterocycles. The Labute approximate surface area is 147 Å². The van der Waals surface area contributed by atoms with E-state index >= 15 is 0 Å². The number of halogens is 5. The molecular weight excluding hydrogens is 452 g/mol. The summed E-state index contributed by atoms with van der Waals surface area (Å²) in [6, 6.07) is 8.37. The molecule has 2 rings (SSSR count). The lowest BCUT2D eigenvalue weighted by Gasteiger charge is -2.10. The standard InChI is InChI=1S/C13H6Br2Cl3NO/c14-6-1-3-9(16)7(5-6)13(20)19-10-4-2-8(15)11(17)12(10)18/h1-5H,(H,19,20). The minimum Gasteiger partial charge on any atom is -0.321 e. The van der Waals surface area contributed by atoms with Gasteiger partial charge in [-0.2, -0.15) is 0 Å². The van der Waals surface area contributed by atoms with Crippen molar-refractivity contribution in [3.63, 3.8) is 0 Å². The van der Waals surface area contributed by atoms with Crippen LogP contribution >= 0.6 is 66.7 Å². The quantitative estimate of drug-likeness (QED) is 0.517. The molecule has 0 radical (unpaired) electrons. The number of anilines is 1. The fourth-order valence-corrected chi connectivity index (χ4v) is 2.87. The van der Waals surface area contributed by atoms with E-state index in [1.54, 1.807) is 30.3 Å². The number of rotatable bonds is 2. The molecule has 0 saturated heterocycles. The zero-order valence-electron chi connectivity index (χ0n) is 9.68. The molecule has 0 aliphatic rings. The van der Waals surface area contributed by atoms with Gasteiger partial charge < -0.3 is 5.32 Å². The summed E-state index contributed by atoms with van der Waals surface area (Å²) in [6.45, 7) is 0. The molecule has 104 valence electrons. The highest BCUT2D eigenvalue weighted by atomic mass is 79.9. The molecule has 0 aromatic heterocycles. The first-order valence-corrected chi connectivity index (χ1v) is 8.02. The molecule has 0 atom stereocenters. The van der Waals surface area contributed by atoms with Crippen molar-refractivity contribution in [3.8, 4) is 0 Å². The SMILES string of the molecule is O=C(Nc1ccc(Br)c(Cl)c1Cl)c1cc(Br)ccc1Cl. The van der Waals surface area contributed by atoms with E-state index < -0.39 is 0 Å². The Hall–Kier alpha value is -0.260. The van der Waals surface area contributed by atoms with Crippen LogP contribution in [0.15, 0.2) is 39.3 Å². The molecule has 2 aromatic rings. The van der Waals surface area contributed by atoms with Gasteiger partial charge in [0.05, 0.1) is 26.3 Å². The van der Waals surface area contributed by atoms with Crippen molar-refractivity contribution >= 4 is 78.3 Å². The Morgan fingerprint density at radius 2 is 1.70 bits per heavy atom. The molecule has 1 N–H and O–H groups in total. The normalized spacial score (nSPS) is 10.4. The second-order valence-electron chi connectivity index (χ2n) is 3.80. The van der Waals surface area contributed by atoms with E-state index in [-0.39, 0.29) is 10.9 Å². The summed E-state index contributed by atoms with van der Waals surface area (Å²) in [6.07, 6.45) is 0. The summed E-state index contributed by atoms with van der Waals surface area (Å²) in [7, 11) is 0. The van der Waals surface area contributed by atoms with Crippen molar-refractivity contribution in [2.45, 2.75) is 0 Å². The van der Waals surface area contributed by atoms with Crippen LogP contribution in [0.3, 0.4) is 0 Å². The number of hydrogen-bond donors (Lipinski definition) is 1. The maximum absolute atomic E-state index is 12.2. The van der Waals surface area contributed by atoms with Crippen molar-refractivity contribution in [2.24, 2.45) is 0 Å². The van der Waals surface area contributed by atoms with Gasteiger partial charge in [-0.05, 0) is 46.3 Å². The van der Waals surface area contributed by atoms with Crippen molar-refractivity contribution in [2.75, 3.05) is 5.32 Å². The van der Waals surface area contributed by atoms with Crippen LogP contribution in [0.2, 0.25) is 15.1 Å². The van der Waals surface area contributed by atoms with E-state index in [4.69, 9.17) is 34.8 Å². The number of carbonyl (C=O) groups is 1. The first kappa shape index (κ1) is 16.1. The number of amides is 1. The summed E-state index contributed by atoms with van der Waals surface area (Å²) >= 11 is 24.6. The van der Waals surface area contributed by atoms with Crippen molar-refractivity contribution in [1.82, 2.24) is 0 Å². The van der Waals surface area contributed by atoms with Gasteiger partial charge in [0.25, 0.3) is 5.91 Å². The minimum atomic E-state index is -0.364. The largest absolute Gasteiger partial charge is 0.321 e. The molecule has 0 spiro atoms. The predicted molar refractivity (Wildman–Crippen MR) is 91.3 cm³/mol. The number of nitrogens with one attached hydrogen (secondary N) is 1. The smallest absolute Gasteiger partial charge is 0.257 e. The van der Waals surface area contributed by atoms with Gasteiger partial charge in [0.15, 0.2) is 0 Å². The fourth-order valence-electron chi connectivity index (χ4n) is 1.48. The van der Waals surface area contributed by atoms with Gasteiger partial charge in [0.2, 0.25) is 0 Å². The van der Waals surface area contributed by atoms with E-state index in [0.717, 1.165) is 4.47 Å². The number of hydrogen-bond acceptors (Lipinski definition) is 1. The van der Waals surface area contributed by atoms with Gasteiger partial charge in [-0.25, -0.2) is 0 Å². The molecule has 7 heteroatoms. The average Bonchev–Trinajstić information content (AvgIpc) is 2.42. The van der Waals surface area contributed by atoms with Crippen LogP contribution in [0.25, 0.3) is 0 Å². The zero-order chi connectivity index (χ0) is 14.9. The first-order chi connectivity index (χ1) is 9.40. The lowest BCUT2D eigenvalue weighted by atomic mass is 10.2. The summed E-state index contributed by atoms with van der Waals surface area (Å²) < 4.78 is 1.41. The Bertz CT molecular complexity index is 692. The molecular formula is C13H6Br2Cl3NO. The molecule has 0 fully saturated rings. The number of benzene rings is 2. The summed E-state index contributed by atoms with van der Waals surface area (Å²) in [5, 5.41) is 3.64. The van der Waals surface area contributed by atoms with Crippen LogP contribution < -0.4 is 5.32 Å². The van der Waals surface area contributed by atoms with Crippen LogP contribution in [0.4, 0.5) is 5.69 Å². The topological polar surface area (TPSA) is 29.1 Å². The van der Waals surface area contributed by atoms with Gasteiger partial charge in [-0.1, -0.05) is 50.7 Å². The molecule has 0 bridgehead atoms. The third-order valence-corrected chi connectivity index (χ3v) is 5.05. The monoisotopic (exact) mass is 455 g/mol. The van der Waals surface area contributed by atoms with Crippen molar-refractivity contribution in [3.05, 3.63) is 59.9 Å². The van der Waals surface area contributed by atoms with Crippen LogP contribution in [0.5, 0.6) is 0 Å². The van der Waals surface area contributed by atoms with Gasteiger partial charge in [0.1, 0.15) is 0 Å². The molecule has 0 saturated carbocycles. The maximum Gasteiger partial charge on any atom is 0.257 e. The molecule has 0 aliphatic carbocycles. The first-order valence-electron chi connectivity index (χ1n) is 5.30. The molecule has 1 amide bonds. The maximum atomic E-state index is 12.2. The van der Waals surface area contributed by atoms with Crippen molar-refractivity contribution in [1.29, 1.82) is 0 Å². The Balaban J connectivity index is 2.33. The fraction of sp³-hybridized carbons (Fsp3) is 0. The van der Waals surface area contributed by atoms with Crippen molar-refractivity contribution < 1.29 is 4.79 Å².